The van der Waals surface area contributed by atoms with Crippen LogP contribution in [0, 0.1) is 0 Å². The van der Waals surface area contributed by atoms with E-state index in [4.69, 9.17) is 5.73 Å². The number of hydrogen-bond donors (Lipinski definition) is 4. The Morgan fingerprint density at radius 2 is 0.750 bits per heavy atom. The lowest BCUT2D eigenvalue weighted by Gasteiger charge is -2.35. The van der Waals surface area contributed by atoms with Crippen LogP contribution in [0.1, 0.15) is 206 Å². The van der Waals surface area contributed by atoms with Gasteiger partial charge in [-0.3, -0.25) is 4.57 Å². The van der Waals surface area contributed by atoms with Crippen molar-refractivity contribution in [2.45, 2.75) is 218 Å². The summed E-state index contributed by atoms with van der Waals surface area (Å²) < 4.78 is 11.9. The maximum absolute atomic E-state index is 11.9. The van der Waals surface area contributed by atoms with Crippen LogP contribution in [0.25, 0.3) is 0 Å². The van der Waals surface area contributed by atoms with Crippen LogP contribution in [0.2, 0.25) is 0 Å². The van der Waals surface area contributed by atoms with Crippen LogP contribution in [-0.2, 0) is 4.57 Å². The molecule has 0 aromatic heterocycles. The minimum atomic E-state index is -4.64. The Labute approximate surface area is 274 Å². The molecule has 0 radical (unpaired) electrons. The second kappa shape index (κ2) is 31.2. The zero-order chi connectivity index (χ0) is 32.6. The molecule has 5 N–H and O–H groups in total. The highest BCUT2D eigenvalue weighted by atomic mass is 31.2. The van der Waals surface area contributed by atoms with Crippen molar-refractivity contribution < 1.29 is 19.5 Å². The van der Waals surface area contributed by atoms with Crippen molar-refractivity contribution in [3.05, 3.63) is 24.3 Å². The molecule has 0 spiro atoms. The quantitative estimate of drug-likeness (QED) is 0.0318. The van der Waals surface area contributed by atoms with Gasteiger partial charge < -0.3 is 20.6 Å². The van der Waals surface area contributed by atoms with Crippen molar-refractivity contribution >= 4 is 7.60 Å². The number of aliphatic hydroxyl groups excluding tert-OH is 1. The van der Waals surface area contributed by atoms with E-state index in [0.717, 1.165) is 51.4 Å². The topological polar surface area (TPSA) is 104 Å². The SMILES string of the molecule is CCCCCCCC/C=C\CCCCCCCCC(N)(CCCCCCCC/C=C\CCCCCCCC)C(O)P(=O)(O)O. The predicted molar refractivity (Wildman–Crippen MR) is 193 cm³/mol. The molecular formula is C38H76NO4P. The van der Waals surface area contributed by atoms with Gasteiger partial charge in [0.05, 0.1) is 5.54 Å². The number of rotatable bonds is 34. The van der Waals surface area contributed by atoms with Crippen LogP contribution < -0.4 is 5.73 Å². The molecule has 44 heavy (non-hydrogen) atoms. The Balaban J connectivity index is 3.95. The molecule has 0 aromatic carbocycles. The van der Waals surface area contributed by atoms with Crippen LogP contribution in [0.3, 0.4) is 0 Å². The average Bonchev–Trinajstić information content (AvgIpc) is 2.99. The summed E-state index contributed by atoms with van der Waals surface area (Å²) in [6, 6.07) is 0. The lowest BCUT2D eigenvalue weighted by atomic mass is 9.87. The molecular weight excluding hydrogens is 565 g/mol. The van der Waals surface area contributed by atoms with Crippen molar-refractivity contribution in [3.63, 3.8) is 0 Å². The summed E-state index contributed by atoms with van der Waals surface area (Å²) >= 11 is 0. The second-order valence-electron chi connectivity index (χ2n) is 13.6. The first-order chi connectivity index (χ1) is 21.3. The zero-order valence-electron chi connectivity index (χ0n) is 29.4. The van der Waals surface area contributed by atoms with Gasteiger partial charge in [0, 0.05) is 0 Å². The van der Waals surface area contributed by atoms with E-state index in [1.54, 1.807) is 0 Å². The molecule has 0 amide bonds. The lowest BCUT2D eigenvalue weighted by molar-refractivity contribution is 0.106. The zero-order valence-corrected chi connectivity index (χ0v) is 30.3. The van der Waals surface area contributed by atoms with E-state index < -0.39 is 19.0 Å². The van der Waals surface area contributed by atoms with Crippen molar-refractivity contribution in [3.8, 4) is 0 Å². The fourth-order valence-corrected chi connectivity index (χ4v) is 7.05. The Morgan fingerprint density at radius 1 is 0.500 bits per heavy atom. The maximum Gasteiger partial charge on any atom is 0.355 e. The molecule has 0 aliphatic heterocycles. The molecule has 262 valence electrons. The summed E-state index contributed by atoms with van der Waals surface area (Å²) in [6.07, 6.45) is 44.4. The van der Waals surface area contributed by atoms with E-state index in [-0.39, 0.29) is 0 Å². The van der Waals surface area contributed by atoms with Gasteiger partial charge in [-0.1, -0.05) is 167 Å². The van der Waals surface area contributed by atoms with Crippen LogP contribution in [0.4, 0.5) is 0 Å². The molecule has 0 heterocycles. The average molecular weight is 642 g/mol. The number of nitrogens with two attached hydrogens (primary N) is 1. The van der Waals surface area contributed by atoms with Gasteiger partial charge >= 0.3 is 7.60 Å². The van der Waals surface area contributed by atoms with Crippen molar-refractivity contribution in [1.29, 1.82) is 0 Å². The molecule has 0 aliphatic carbocycles. The van der Waals surface area contributed by atoms with Gasteiger partial charge in [-0.25, -0.2) is 0 Å². The summed E-state index contributed by atoms with van der Waals surface area (Å²) in [5.74, 6) is -1.78. The Hall–Kier alpha value is -0.450. The molecule has 0 aromatic rings. The van der Waals surface area contributed by atoms with Crippen LogP contribution in [0.15, 0.2) is 24.3 Å². The Morgan fingerprint density at radius 3 is 1.02 bits per heavy atom. The van der Waals surface area contributed by atoms with E-state index in [2.05, 4.69) is 38.2 Å². The van der Waals surface area contributed by atoms with Crippen molar-refractivity contribution in [2.75, 3.05) is 0 Å². The van der Waals surface area contributed by atoms with Gasteiger partial charge in [-0.15, -0.1) is 0 Å². The summed E-state index contributed by atoms with van der Waals surface area (Å²) in [5, 5.41) is 10.5. The van der Waals surface area contributed by atoms with Crippen molar-refractivity contribution in [2.24, 2.45) is 5.73 Å². The third-order valence-electron chi connectivity index (χ3n) is 9.14. The van der Waals surface area contributed by atoms with E-state index in [1.807, 2.05) is 0 Å². The molecule has 5 nitrogen and oxygen atoms in total. The highest BCUT2D eigenvalue weighted by molar-refractivity contribution is 7.52. The maximum atomic E-state index is 11.9. The van der Waals surface area contributed by atoms with Gasteiger partial charge in [-0.2, -0.15) is 0 Å². The number of aliphatic hydroxyl groups is 1. The highest BCUT2D eigenvalue weighted by Crippen LogP contribution is 2.47. The van der Waals surface area contributed by atoms with Crippen LogP contribution in [0.5, 0.6) is 0 Å². The molecule has 0 saturated carbocycles. The molecule has 0 rings (SSSR count). The molecule has 1 unspecified atom stereocenters. The summed E-state index contributed by atoms with van der Waals surface area (Å²) in [4.78, 5) is 19.3. The Bertz CT molecular complexity index is 663. The van der Waals surface area contributed by atoms with Gasteiger partial charge in [0.2, 0.25) is 0 Å². The third-order valence-corrected chi connectivity index (χ3v) is 10.3. The minimum absolute atomic E-state index is 0.464. The van der Waals surface area contributed by atoms with E-state index in [1.165, 1.54) is 128 Å². The first-order valence-electron chi connectivity index (χ1n) is 19.1. The largest absolute Gasteiger partial charge is 0.379 e. The molecule has 1 atom stereocenters. The smallest absolute Gasteiger partial charge is 0.355 e. The first-order valence-corrected chi connectivity index (χ1v) is 20.8. The van der Waals surface area contributed by atoms with Gasteiger partial charge in [0.15, 0.2) is 5.85 Å². The van der Waals surface area contributed by atoms with Gasteiger partial charge in [0.1, 0.15) is 0 Å². The first kappa shape index (κ1) is 43.5. The van der Waals surface area contributed by atoms with E-state index in [9.17, 15) is 19.5 Å². The molecule has 0 bridgehead atoms. The lowest BCUT2D eigenvalue weighted by Crippen LogP contribution is -2.50. The van der Waals surface area contributed by atoms with Crippen LogP contribution >= 0.6 is 7.60 Å². The number of unbranched alkanes of at least 4 members (excludes halogenated alkanes) is 24. The summed E-state index contributed by atoms with van der Waals surface area (Å²) in [7, 11) is -4.64. The van der Waals surface area contributed by atoms with Crippen LogP contribution in [-0.4, -0.2) is 26.3 Å². The standard InChI is InChI=1S/C38H76NO4P/c1-3-5-7-9-11-13-15-17-19-21-23-25-27-29-31-33-35-38(39,37(40)44(41,42)43)36-34-32-30-28-26-24-22-20-18-16-14-12-10-8-6-4-2/h17-20,37,40H,3-16,21-36,39H2,1-2H3,(H2,41,42,43)/b19-17-,20-18-. The van der Waals surface area contributed by atoms with Gasteiger partial charge in [-0.05, 0) is 64.2 Å². The fourth-order valence-electron chi connectivity index (χ4n) is 6.12. The fraction of sp³-hybridized carbons (Fsp3) is 0.895. The second-order valence-corrected chi connectivity index (χ2v) is 15.2. The normalized spacial score (nSPS) is 13.5. The number of allylic oxidation sites excluding steroid dienone is 4. The minimum Gasteiger partial charge on any atom is -0.379 e. The van der Waals surface area contributed by atoms with E-state index in [0.29, 0.717) is 12.8 Å². The predicted octanol–water partition coefficient (Wildman–Crippen LogP) is 12.0. The Kier molecular flexibility index (Phi) is 30.8. The molecule has 0 fully saturated rings. The highest BCUT2D eigenvalue weighted by Gasteiger charge is 2.43. The monoisotopic (exact) mass is 642 g/mol. The summed E-state index contributed by atoms with van der Waals surface area (Å²) in [6.45, 7) is 4.52. The number of hydrogen-bond acceptors (Lipinski definition) is 3. The molecule has 0 saturated heterocycles. The van der Waals surface area contributed by atoms with E-state index >= 15 is 0 Å². The molecule has 6 heteroatoms. The third kappa shape index (κ3) is 27.8. The molecule has 0 aliphatic rings. The van der Waals surface area contributed by atoms with Gasteiger partial charge in [0.25, 0.3) is 0 Å². The summed E-state index contributed by atoms with van der Waals surface area (Å²) in [5.41, 5.74) is 5.28. The van der Waals surface area contributed by atoms with Crippen molar-refractivity contribution in [1.82, 2.24) is 0 Å².